The quantitative estimate of drug-likeness (QED) is 0.318. The number of ether oxygens (including phenoxy) is 1. The predicted octanol–water partition coefficient (Wildman–Crippen LogP) is 5.03. The molecule has 2 saturated heterocycles. The van der Waals surface area contributed by atoms with Crippen LogP contribution >= 0.6 is 0 Å². The van der Waals surface area contributed by atoms with Gasteiger partial charge in [-0.1, -0.05) is 0 Å². The SMILES string of the molecule is c1cc(N2CCCCC2)c2cc(-c3n[nH]c4ccc(-c5cncc(OCCN6CCCC6)c5)nc34)[nH]c2n1. The fraction of sp³-hybridized carbons (Fsp3) is 0.379. The van der Waals surface area contributed by atoms with Crippen molar-refractivity contribution in [1.82, 2.24) is 35.0 Å². The van der Waals surface area contributed by atoms with Crippen molar-refractivity contribution >= 4 is 27.8 Å². The number of rotatable bonds is 7. The highest BCUT2D eigenvalue weighted by Crippen LogP contribution is 2.34. The van der Waals surface area contributed by atoms with Crippen LogP contribution < -0.4 is 9.64 Å². The van der Waals surface area contributed by atoms with Gasteiger partial charge in [0.2, 0.25) is 0 Å². The molecule has 0 spiro atoms. The first-order valence-electron chi connectivity index (χ1n) is 13.7. The van der Waals surface area contributed by atoms with E-state index in [1.807, 2.05) is 30.6 Å². The zero-order chi connectivity index (χ0) is 25.3. The van der Waals surface area contributed by atoms with Crippen LogP contribution in [0.3, 0.4) is 0 Å². The minimum absolute atomic E-state index is 0.664. The Balaban J connectivity index is 1.18. The lowest BCUT2D eigenvalue weighted by Crippen LogP contribution is -2.29. The summed E-state index contributed by atoms with van der Waals surface area (Å²) >= 11 is 0. The zero-order valence-electron chi connectivity index (χ0n) is 21.5. The average Bonchev–Trinajstić information content (AvgIpc) is 3.73. The number of pyridine rings is 3. The van der Waals surface area contributed by atoms with Crippen molar-refractivity contribution in [3.63, 3.8) is 0 Å². The number of hydrogen-bond acceptors (Lipinski definition) is 7. The third kappa shape index (κ3) is 4.47. The van der Waals surface area contributed by atoms with Crippen LogP contribution in [0.5, 0.6) is 5.75 Å². The number of fused-ring (bicyclic) bond motifs is 2. The first kappa shape index (κ1) is 23.2. The minimum Gasteiger partial charge on any atom is -0.491 e. The Bertz CT molecular complexity index is 1560. The van der Waals surface area contributed by atoms with Crippen molar-refractivity contribution in [3.8, 4) is 28.4 Å². The maximum atomic E-state index is 6.02. The van der Waals surface area contributed by atoms with E-state index < -0.39 is 0 Å². The summed E-state index contributed by atoms with van der Waals surface area (Å²) in [4.78, 5) is 22.4. The smallest absolute Gasteiger partial charge is 0.139 e. The summed E-state index contributed by atoms with van der Waals surface area (Å²) in [6.45, 7) is 6.13. The maximum Gasteiger partial charge on any atom is 0.139 e. The summed E-state index contributed by atoms with van der Waals surface area (Å²) in [5.74, 6) is 0.767. The molecule has 2 N–H and O–H groups in total. The van der Waals surface area contributed by atoms with Crippen LogP contribution in [0.1, 0.15) is 32.1 Å². The molecule has 5 aromatic rings. The molecular weight excluding hydrogens is 476 g/mol. The van der Waals surface area contributed by atoms with E-state index in [1.165, 1.54) is 50.9 Å². The monoisotopic (exact) mass is 508 g/mol. The molecule has 5 aromatic heterocycles. The van der Waals surface area contributed by atoms with E-state index in [0.717, 1.165) is 70.1 Å². The van der Waals surface area contributed by atoms with E-state index in [0.29, 0.717) is 6.61 Å². The van der Waals surface area contributed by atoms with Crippen molar-refractivity contribution in [1.29, 1.82) is 0 Å². The number of aromatic nitrogens is 6. The molecule has 0 amide bonds. The highest BCUT2D eigenvalue weighted by Gasteiger charge is 2.19. The Morgan fingerprint density at radius 2 is 1.79 bits per heavy atom. The summed E-state index contributed by atoms with van der Waals surface area (Å²) in [6, 6.07) is 10.3. The minimum atomic E-state index is 0.664. The van der Waals surface area contributed by atoms with Gasteiger partial charge in [-0.25, -0.2) is 9.97 Å². The Morgan fingerprint density at radius 3 is 2.68 bits per heavy atom. The van der Waals surface area contributed by atoms with Crippen LogP contribution in [-0.4, -0.2) is 74.4 Å². The van der Waals surface area contributed by atoms with Gasteiger partial charge in [0, 0.05) is 48.7 Å². The Kier molecular flexibility index (Phi) is 6.13. The number of hydrogen-bond donors (Lipinski definition) is 2. The lowest BCUT2D eigenvalue weighted by atomic mass is 10.1. The van der Waals surface area contributed by atoms with E-state index >= 15 is 0 Å². The second-order valence-corrected chi connectivity index (χ2v) is 10.3. The molecule has 0 bridgehead atoms. The van der Waals surface area contributed by atoms with Crippen molar-refractivity contribution in [3.05, 3.63) is 48.9 Å². The van der Waals surface area contributed by atoms with Crippen LogP contribution in [0.15, 0.2) is 48.9 Å². The number of nitrogens with zero attached hydrogens (tertiary/aromatic N) is 6. The normalized spacial score (nSPS) is 16.6. The molecule has 0 atom stereocenters. The van der Waals surface area contributed by atoms with Gasteiger partial charge in [0.05, 0.1) is 23.1 Å². The van der Waals surface area contributed by atoms with Crippen LogP contribution in [0.25, 0.3) is 44.7 Å². The number of anilines is 1. The van der Waals surface area contributed by atoms with Gasteiger partial charge in [-0.15, -0.1) is 0 Å². The third-order valence-corrected chi connectivity index (χ3v) is 7.75. The van der Waals surface area contributed by atoms with E-state index in [-0.39, 0.29) is 0 Å². The molecule has 0 saturated carbocycles. The molecule has 0 aromatic carbocycles. The predicted molar refractivity (Wildman–Crippen MR) is 149 cm³/mol. The molecule has 7 rings (SSSR count). The van der Waals surface area contributed by atoms with E-state index in [2.05, 4.69) is 47.1 Å². The van der Waals surface area contributed by atoms with Gasteiger partial charge in [-0.2, -0.15) is 5.10 Å². The molecule has 9 nitrogen and oxygen atoms in total. The van der Waals surface area contributed by atoms with Crippen molar-refractivity contribution in [2.24, 2.45) is 0 Å². The lowest BCUT2D eigenvalue weighted by molar-refractivity contribution is 0.237. The largest absolute Gasteiger partial charge is 0.491 e. The summed E-state index contributed by atoms with van der Waals surface area (Å²) in [6.07, 6.45) is 11.8. The summed E-state index contributed by atoms with van der Waals surface area (Å²) in [5.41, 5.74) is 7.26. The Hall–Kier alpha value is -3.98. The van der Waals surface area contributed by atoms with Gasteiger partial charge in [0.15, 0.2) is 0 Å². The Morgan fingerprint density at radius 1 is 0.921 bits per heavy atom. The molecule has 2 fully saturated rings. The summed E-state index contributed by atoms with van der Waals surface area (Å²) < 4.78 is 6.02. The fourth-order valence-electron chi connectivity index (χ4n) is 5.74. The number of nitrogens with one attached hydrogen (secondary N) is 2. The fourth-order valence-corrected chi connectivity index (χ4v) is 5.74. The van der Waals surface area contributed by atoms with Crippen molar-refractivity contribution in [2.75, 3.05) is 44.2 Å². The second kappa shape index (κ2) is 10.1. The number of H-pyrrole nitrogens is 2. The molecule has 38 heavy (non-hydrogen) atoms. The van der Waals surface area contributed by atoms with Crippen LogP contribution in [-0.2, 0) is 0 Å². The average molecular weight is 509 g/mol. The molecule has 2 aliphatic rings. The van der Waals surface area contributed by atoms with Gasteiger partial charge in [-0.05, 0) is 75.5 Å². The molecule has 194 valence electrons. The van der Waals surface area contributed by atoms with Gasteiger partial charge in [0.25, 0.3) is 0 Å². The van der Waals surface area contributed by atoms with E-state index in [4.69, 9.17) is 9.72 Å². The van der Waals surface area contributed by atoms with Crippen molar-refractivity contribution < 1.29 is 4.74 Å². The first-order valence-corrected chi connectivity index (χ1v) is 13.7. The Labute approximate surface area is 221 Å². The van der Waals surface area contributed by atoms with Crippen LogP contribution in [0, 0.1) is 0 Å². The first-order chi connectivity index (χ1) is 18.8. The topological polar surface area (TPSA) is 98.9 Å². The standard InChI is InChI=1S/C29H32N8O/c1-2-12-37(13-3-1)26-8-9-31-29-22(26)17-25(33-29)28-27-24(34-35-28)7-6-23(32-27)20-16-21(19-30-18-20)38-15-14-36-10-4-5-11-36/h6-9,16-19H,1-5,10-15H2,(H,31,33)(H,34,35). The van der Waals surface area contributed by atoms with E-state index in [1.54, 1.807) is 6.20 Å². The molecule has 0 aliphatic carbocycles. The molecule has 9 heteroatoms. The number of aromatic amines is 2. The van der Waals surface area contributed by atoms with Gasteiger partial charge in [0.1, 0.15) is 29.2 Å². The molecular formula is C29H32N8O. The lowest BCUT2D eigenvalue weighted by Gasteiger charge is -2.29. The summed E-state index contributed by atoms with van der Waals surface area (Å²) in [7, 11) is 0. The van der Waals surface area contributed by atoms with Gasteiger partial charge in [-0.3, -0.25) is 15.0 Å². The van der Waals surface area contributed by atoms with Gasteiger partial charge < -0.3 is 14.6 Å². The van der Waals surface area contributed by atoms with Crippen molar-refractivity contribution in [2.45, 2.75) is 32.1 Å². The zero-order valence-corrected chi connectivity index (χ0v) is 21.5. The summed E-state index contributed by atoms with van der Waals surface area (Å²) in [5, 5.41) is 8.90. The second-order valence-electron chi connectivity index (χ2n) is 10.3. The molecule has 0 unspecified atom stereocenters. The highest BCUT2D eigenvalue weighted by molar-refractivity contribution is 5.97. The molecule has 2 aliphatic heterocycles. The number of piperidine rings is 1. The maximum absolute atomic E-state index is 6.02. The van der Waals surface area contributed by atoms with E-state index in [9.17, 15) is 0 Å². The van der Waals surface area contributed by atoms with Crippen LogP contribution in [0.4, 0.5) is 5.69 Å². The number of likely N-dealkylation sites (tertiary alicyclic amines) is 1. The van der Waals surface area contributed by atoms with Gasteiger partial charge >= 0.3 is 0 Å². The third-order valence-electron chi connectivity index (χ3n) is 7.75. The van der Waals surface area contributed by atoms with Crippen LogP contribution in [0.2, 0.25) is 0 Å². The molecule has 7 heterocycles. The molecule has 0 radical (unpaired) electrons. The highest BCUT2D eigenvalue weighted by atomic mass is 16.5.